The zero-order valence-electron chi connectivity index (χ0n) is 15.3. The fraction of sp³-hybridized carbons (Fsp3) is 0.316. The first-order valence-electron chi connectivity index (χ1n) is 8.77. The number of nitrogens with zero attached hydrogens (tertiary/aromatic N) is 4. The predicted molar refractivity (Wildman–Crippen MR) is 95.3 cm³/mol. The summed E-state index contributed by atoms with van der Waals surface area (Å²) in [6.45, 7) is 4.58. The molecule has 3 rings (SSSR count). The Morgan fingerprint density at radius 3 is 2.39 bits per heavy atom. The summed E-state index contributed by atoms with van der Waals surface area (Å²) >= 11 is 0. The minimum Gasteiger partial charge on any atom is -0.338 e. The van der Waals surface area contributed by atoms with Crippen molar-refractivity contribution in [1.29, 1.82) is 0 Å². The number of amides is 1. The first-order valence-corrected chi connectivity index (χ1v) is 8.77. The fourth-order valence-corrected chi connectivity index (χ4v) is 2.88. The standard InChI is InChI=1S/C19H18F4N4O/c1-3-9-26(4-2)18(28)15-11-17-24-14(12-5-7-13(20)8-6-12)10-16(19(21,22)23)27(17)25-15/h5-8,10-11H,3-4,9H2,1-2H3. The Kier molecular flexibility index (Phi) is 5.35. The van der Waals surface area contributed by atoms with E-state index in [1.54, 1.807) is 6.92 Å². The van der Waals surface area contributed by atoms with Gasteiger partial charge in [0.2, 0.25) is 0 Å². The van der Waals surface area contributed by atoms with Crippen LogP contribution in [-0.2, 0) is 6.18 Å². The average Bonchev–Trinajstić information content (AvgIpc) is 3.08. The molecule has 2 aromatic heterocycles. The molecule has 0 N–H and O–H groups in total. The van der Waals surface area contributed by atoms with Gasteiger partial charge in [0.1, 0.15) is 5.82 Å². The Labute approximate surface area is 158 Å². The Hall–Kier alpha value is -2.97. The topological polar surface area (TPSA) is 50.5 Å². The highest BCUT2D eigenvalue weighted by Gasteiger charge is 2.36. The molecule has 0 spiro atoms. The monoisotopic (exact) mass is 394 g/mol. The zero-order valence-corrected chi connectivity index (χ0v) is 15.3. The highest BCUT2D eigenvalue weighted by atomic mass is 19.4. The fourth-order valence-electron chi connectivity index (χ4n) is 2.88. The quantitative estimate of drug-likeness (QED) is 0.602. The van der Waals surface area contributed by atoms with E-state index in [4.69, 9.17) is 0 Å². The van der Waals surface area contributed by atoms with E-state index in [9.17, 15) is 22.4 Å². The molecule has 9 heteroatoms. The molecule has 0 aliphatic rings. The molecule has 0 aliphatic heterocycles. The minimum absolute atomic E-state index is 0.0135. The maximum absolute atomic E-state index is 13.6. The molecular formula is C19H18F4N4O. The number of hydrogen-bond acceptors (Lipinski definition) is 3. The summed E-state index contributed by atoms with van der Waals surface area (Å²) in [4.78, 5) is 18.3. The second-order valence-corrected chi connectivity index (χ2v) is 6.22. The van der Waals surface area contributed by atoms with Crippen molar-refractivity contribution < 1.29 is 22.4 Å². The van der Waals surface area contributed by atoms with E-state index >= 15 is 0 Å². The third kappa shape index (κ3) is 3.83. The first kappa shape index (κ1) is 19.8. The molecule has 2 heterocycles. The molecule has 1 amide bonds. The Bertz CT molecular complexity index is 996. The van der Waals surface area contributed by atoms with E-state index in [0.29, 0.717) is 29.6 Å². The lowest BCUT2D eigenvalue weighted by Gasteiger charge is -2.18. The van der Waals surface area contributed by atoms with Crippen molar-refractivity contribution in [3.8, 4) is 11.3 Å². The number of hydrogen-bond donors (Lipinski definition) is 0. The van der Waals surface area contributed by atoms with Crippen LogP contribution in [0, 0.1) is 5.82 Å². The number of rotatable bonds is 5. The van der Waals surface area contributed by atoms with E-state index in [0.717, 1.165) is 18.2 Å². The Morgan fingerprint density at radius 1 is 1.14 bits per heavy atom. The Balaban J connectivity index is 2.15. The largest absolute Gasteiger partial charge is 0.433 e. The van der Waals surface area contributed by atoms with Gasteiger partial charge in [-0.2, -0.15) is 18.3 Å². The van der Waals surface area contributed by atoms with Crippen LogP contribution >= 0.6 is 0 Å². The number of carbonyl (C=O) groups is 1. The average molecular weight is 394 g/mol. The summed E-state index contributed by atoms with van der Waals surface area (Å²) in [5.74, 6) is -0.958. The molecule has 0 aliphatic carbocycles. The van der Waals surface area contributed by atoms with E-state index in [2.05, 4.69) is 10.1 Å². The molecule has 0 saturated carbocycles. The van der Waals surface area contributed by atoms with Gasteiger partial charge in [0, 0.05) is 24.7 Å². The molecule has 0 radical (unpaired) electrons. The third-order valence-electron chi connectivity index (χ3n) is 4.24. The van der Waals surface area contributed by atoms with E-state index < -0.39 is 23.6 Å². The molecule has 0 bridgehead atoms. The van der Waals surface area contributed by atoms with Crippen LogP contribution in [-0.4, -0.2) is 38.5 Å². The number of fused-ring (bicyclic) bond motifs is 1. The lowest BCUT2D eigenvalue weighted by molar-refractivity contribution is -0.142. The molecule has 0 atom stereocenters. The second-order valence-electron chi connectivity index (χ2n) is 6.22. The molecule has 0 saturated heterocycles. The van der Waals surface area contributed by atoms with Crippen LogP contribution in [0.3, 0.4) is 0 Å². The molecular weight excluding hydrogens is 376 g/mol. The molecule has 0 fully saturated rings. The van der Waals surface area contributed by atoms with E-state index in [-0.39, 0.29) is 17.0 Å². The van der Waals surface area contributed by atoms with Gasteiger partial charge >= 0.3 is 6.18 Å². The van der Waals surface area contributed by atoms with E-state index in [1.807, 2.05) is 6.92 Å². The lowest BCUT2D eigenvalue weighted by atomic mass is 10.1. The highest BCUT2D eigenvalue weighted by molar-refractivity contribution is 5.93. The summed E-state index contributed by atoms with van der Waals surface area (Å²) in [5.41, 5.74) is -0.937. The van der Waals surface area contributed by atoms with Gasteiger partial charge in [-0.15, -0.1) is 0 Å². The van der Waals surface area contributed by atoms with Crippen molar-refractivity contribution in [1.82, 2.24) is 19.5 Å². The summed E-state index contributed by atoms with van der Waals surface area (Å²) < 4.78 is 54.5. The number of benzene rings is 1. The highest BCUT2D eigenvalue weighted by Crippen LogP contribution is 2.32. The molecule has 28 heavy (non-hydrogen) atoms. The van der Waals surface area contributed by atoms with Gasteiger partial charge in [-0.3, -0.25) is 4.79 Å². The van der Waals surface area contributed by atoms with Gasteiger partial charge in [-0.25, -0.2) is 13.9 Å². The number of aromatic nitrogens is 3. The second kappa shape index (κ2) is 7.57. The number of alkyl halides is 3. The van der Waals surface area contributed by atoms with Crippen molar-refractivity contribution in [3.05, 3.63) is 53.6 Å². The molecule has 3 aromatic rings. The van der Waals surface area contributed by atoms with Gasteiger partial charge in [-0.1, -0.05) is 6.92 Å². The molecule has 0 unspecified atom stereocenters. The van der Waals surface area contributed by atoms with Crippen LogP contribution in [0.2, 0.25) is 0 Å². The van der Waals surface area contributed by atoms with Crippen molar-refractivity contribution in [2.75, 3.05) is 13.1 Å². The molecule has 1 aromatic carbocycles. The number of halogens is 4. The van der Waals surface area contributed by atoms with Crippen LogP contribution in [0.25, 0.3) is 16.9 Å². The van der Waals surface area contributed by atoms with Gasteiger partial charge in [0.05, 0.1) is 5.69 Å². The summed E-state index contributed by atoms with van der Waals surface area (Å²) in [5, 5.41) is 3.86. The van der Waals surface area contributed by atoms with Crippen LogP contribution < -0.4 is 0 Å². The molecule has 5 nitrogen and oxygen atoms in total. The van der Waals surface area contributed by atoms with Gasteiger partial charge in [0.15, 0.2) is 17.0 Å². The van der Waals surface area contributed by atoms with Gasteiger partial charge in [-0.05, 0) is 43.7 Å². The van der Waals surface area contributed by atoms with Gasteiger partial charge < -0.3 is 4.90 Å². The van der Waals surface area contributed by atoms with Crippen LogP contribution in [0.15, 0.2) is 36.4 Å². The molecule has 148 valence electrons. The van der Waals surface area contributed by atoms with Crippen LogP contribution in [0.1, 0.15) is 36.5 Å². The van der Waals surface area contributed by atoms with E-state index in [1.165, 1.54) is 23.1 Å². The normalized spacial score (nSPS) is 11.8. The van der Waals surface area contributed by atoms with Crippen molar-refractivity contribution in [2.45, 2.75) is 26.4 Å². The maximum atomic E-state index is 13.6. The predicted octanol–water partition coefficient (Wildman–Crippen LogP) is 4.43. The van der Waals surface area contributed by atoms with Crippen LogP contribution in [0.5, 0.6) is 0 Å². The summed E-state index contributed by atoms with van der Waals surface area (Å²) in [6, 6.07) is 7.05. The van der Waals surface area contributed by atoms with Gasteiger partial charge in [0.25, 0.3) is 5.91 Å². The Morgan fingerprint density at radius 2 is 1.82 bits per heavy atom. The first-order chi connectivity index (χ1) is 13.2. The maximum Gasteiger partial charge on any atom is 0.433 e. The van der Waals surface area contributed by atoms with Crippen molar-refractivity contribution >= 4 is 11.6 Å². The van der Waals surface area contributed by atoms with Crippen LogP contribution in [0.4, 0.5) is 17.6 Å². The summed E-state index contributed by atoms with van der Waals surface area (Å²) in [6.07, 6.45) is -4.00. The summed E-state index contributed by atoms with van der Waals surface area (Å²) in [7, 11) is 0. The van der Waals surface area contributed by atoms with Crippen molar-refractivity contribution in [3.63, 3.8) is 0 Å². The smallest absolute Gasteiger partial charge is 0.338 e. The number of carbonyl (C=O) groups excluding carboxylic acids is 1. The SMILES string of the molecule is CCCN(CC)C(=O)c1cc2nc(-c3ccc(F)cc3)cc(C(F)(F)F)n2n1. The zero-order chi connectivity index (χ0) is 20.5. The van der Waals surface area contributed by atoms with Crippen molar-refractivity contribution in [2.24, 2.45) is 0 Å². The lowest BCUT2D eigenvalue weighted by Crippen LogP contribution is -2.31. The third-order valence-corrected chi connectivity index (χ3v) is 4.24. The minimum atomic E-state index is -4.71.